The SMILES string of the molecule is COC(C)Cc1noc(N)n1. The minimum atomic E-state index is 0.0898. The molecule has 0 spiro atoms. The van der Waals surface area contributed by atoms with E-state index >= 15 is 0 Å². The molecule has 1 aromatic heterocycles. The minimum Gasteiger partial charge on any atom is -0.381 e. The fraction of sp³-hybridized carbons (Fsp3) is 0.667. The van der Waals surface area contributed by atoms with E-state index in [4.69, 9.17) is 10.5 Å². The van der Waals surface area contributed by atoms with Crippen LogP contribution in [0.15, 0.2) is 4.52 Å². The summed E-state index contributed by atoms with van der Waals surface area (Å²) >= 11 is 0. The summed E-state index contributed by atoms with van der Waals surface area (Å²) in [5, 5.41) is 3.61. The van der Waals surface area contributed by atoms with Crippen LogP contribution in [-0.4, -0.2) is 23.4 Å². The van der Waals surface area contributed by atoms with Crippen LogP contribution in [0.2, 0.25) is 0 Å². The molecule has 5 heteroatoms. The molecule has 1 rings (SSSR count). The second-order valence-corrected chi connectivity index (χ2v) is 2.30. The molecule has 0 saturated heterocycles. The van der Waals surface area contributed by atoms with Gasteiger partial charge in [-0.3, -0.25) is 0 Å². The molecule has 1 heterocycles. The Morgan fingerprint density at radius 1 is 1.73 bits per heavy atom. The molecule has 2 N–H and O–H groups in total. The Hall–Kier alpha value is -1.10. The van der Waals surface area contributed by atoms with E-state index < -0.39 is 0 Å². The molecule has 0 bridgehead atoms. The van der Waals surface area contributed by atoms with Crippen LogP contribution >= 0.6 is 0 Å². The van der Waals surface area contributed by atoms with Crippen molar-refractivity contribution in [1.82, 2.24) is 10.1 Å². The first-order chi connectivity index (χ1) is 5.22. The molecule has 0 aromatic carbocycles. The van der Waals surface area contributed by atoms with Crippen LogP contribution in [0.25, 0.3) is 0 Å². The van der Waals surface area contributed by atoms with Gasteiger partial charge in [-0.2, -0.15) is 4.98 Å². The number of nitrogens with zero attached hydrogens (tertiary/aromatic N) is 2. The molecule has 1 atom stereocenters. The lowest BCUT2D eigenvalue weighted by atomic mass is 10.3. The zero-order valence-corrected chi connectivity index (χ0v) is 6.57. The molecule has 0 saturated carbocycles. The van der Waals surface area contributed by atoms with Crippen molar-refractivity contribution < 1.29 is 9.26 Å². The first kappa shape index (κ1) is 8.00. The summed E-state index contributed by atoms with van der Waals surface area (Å²) < 4.78 is 9.57. The van der Waals surface area contributed by atoms with Gasteiger partial charge in [0.15, 0.2) is 5.82 Å². The average molecular weight is 157 g/mol. The zero-order chi connectivity index (χ0) is 8.27. The van der Waals surface area contributed by atoms with Gasteiger partial charge in [0.25, 0.3) is 0 Å². The van der Waals surface area contributed by atoms with Crippen LogP contribution in [0.3, 0.4) is 0 Å². The third-order valence-electron chi connectivity index (χ3n) is 1.36. The molecule has 0 radical (unpaired) electrons. The average Bonchev–Trinajstić information content (AvgIpc) is 2.35. The standard InChI is InChI=1S/C6H11N3O2/c1-4(10-2)3-5-8-6(7)11-9-5/h4H,3H2,1-2H3,(H2,7,8,9). The minimum absolute atomic E-state index is 0.0898. The van der Waals surface area contributed by atoms with E-state index in [0.717, 1.165) is 0 Å². The first-order valence-electron chi connectivity index (χ1n) is 3.33. The summed E-state index contributed by atoms with van der Waals surface area (Å²) in [7, 11) is 1.63. The second kappa shape index (κ2) is 3.34. The maximum atomic E-state index is 5.21. The van der Waals surface area contributed by atoms with Gasteiger partial charge in [0.1, 0.15) is 0 Å². The number of nitrogen functional groups attached to an aromatic ring is 1. The Labute approximate surface area is 64.5 Å². The summed E-state index contributed by atoms with van der Waals surface area (Å²) in [6, 6.07) is 0.100. The molecule has 62 valence electrons. The third kappa shape index (κ3) is 2.19. The van der Waals surface area contributed by atoms with E-state index in [1.165, 1.54) is 0 Å². The van der Waals surface area contributed by atoms with E-state index in [-0.39, 0.29) is 12.1 Å². The van der Waals surface area contributed by atoms with Crippen LogP contribution in [0.4, 0.5) is 6.01 Å². The molecule has 0 aliphatic heterocycles. The van der Waals surface area contributed by atoms with Gasteiger partial charge in [-0.05, 0) is 6.92 Å². The van der Waals surface area contributed by atoms with E-state index in [9.17, 15) is 0 Å². The van der Waals surface area contributed by atoms with Gasteiger partial charge in [0.2, 0.25) is 0 Å². The molecule has 1 aromatic rings. The van der Waals surface area contributed by atoms with Gasteiger partial charge in [-0.25, -0.2) is 0 Å². The van der Waals surface area contributed by atoms with Crippen molar-refractivity contribution in [2.24, 2.45) is 0 Å². The lowest BCUT2D eigenvalue weighted by Crippen LogP contribution is -2.09. The van der Waals surface area contributed by atoms with Crippen molar-refractivity contribution in [3.8, 4) is 0 Å². The highest BCUT2D eigenvalue weighted by Crippen LogP contribution is 2.02. The van der Waals surface area contributed by atoms with Gasteiger partial charge in [-0.1, -0.05) is 5.16 Å². The number of methoxy groups -OCH3 is 1. The van der Waals surface area contributed by atoms with Crippen molar-refractivity contribution in [3.63, 3.8) is 0 Å². The lowest BCUT2D eigenvalue weighted by Gasteiger charge is -2.03. The van der Waals surface area contributed by atoms with E-state index in [2.05, 4.69) is 14.7 Å². The van der Waals surface area contributed by atoms with Crippen LogP contribution < -0.4 is 5.73 Å². The highest BCUT2D eigenvalue weighted by Gasteiger charge is 2.07. The Kier molecular flexibility index (Phi) is 2.43. The van der Waals surface area contributed by atoms with Crippen molar-refractivity contribution in [3.05, 3.63) is 5.82 Å². The maximum absolute atomic E-state index is 5.21. The smallest absolute Gasteiger partial charge is 0.318 e. The molecule has 1 unspecified atom stereocenters. The molecule has 0 amide bonds. The highest BCUT2D eigenvalue weighted by atomic mass is 16.5. The van der Waals surface area contributed by atoms with Gasteiger partial charge in [-0.15, -0.1) is 0 Å². The first-order valence-corrected chi connectivity index (χ1v) is 3.33. The summed E-state index contributed by atoms with van der Waals surface area (Å²) in [5.41, 5.74) is 5.21. The number of rotatable bonds is 3. The fourth-order valence-electron chi connectivity index (χ4n) is 0.691. The fourth-order valence-corrected chi connectivity index (χ4v) is 0.691. The Morgan fingerprint density at radius 2 is 2.45 bits per heavy atom. The third-order valence-corrected chi connectivity index (χ3v) is 1.36. The Balaban J connectivity index is 2.50. The number of aromatic nitrogens is 2. The molecular weight excluding hydrogens is 146 g/mol. The monoisotopic (exact) mass is 157 g/mol. The highest BCUT2D eigenvalue weighted by molar-refractivity contribution is 5.07. The van der Waals surface area contributed by atoms with Gasteiger partial charge in [0, 0.05) is 13.5 Å². The number of anilines is 1. The van der Waals surface area contributed by atoms with Crippen LogP contribution in [-0.2, 0) is 11.2 Å². The summed E-state index contributed by atoms with van der Waals surface area (Å²) in [6.07, 6.45) is 0.712. The topological polar surface area (TPSA) is 74.2 Å². The van der Waals surface area contributed by atoms with Crippen molar-refractivity contribution in [2.75, 3.05) is 12.8 Å². The quantitative estimate of drug-likeness (QED) is 0.679. The Morgan fingerprint density at radius 3 is 2.91 bits per heavy atom. The van der Waals surface area contributed by atoms with Gasteiger partial charge >= 0.3 is 6.01 Å². The summed E-state index contributed by atoms with van der Waals surface area (Å²) in [5.74, 6) is 0.580. The van der Waals surface area contributed by atoms with Crippen LogP contribution in [0, 0.1) is 0 Å². The summed E-state index contributed by atoms with van der Waals surface area (Å²) in [4.78, 5) is 3.82. The molecule has 0 aliphatic rings. The number of nitrogens with two attached hydrogens (primary N) is 1. The van der Waals surface area contributed by atoms with E-state index in [0.29, 0.717) is 12.2 Å². The molecular formula is C6H11N3O2. The normalized spacial score (nSPS) is 13.3. The van der Waals surface area contributed by atoms with Crippen molar-refractivity contribution in [2.45, 2.75) is 19.4 Å². The van der Waals surface area contributed by atoms with Gasteiger partial charge in [0.05, 0.1) is 6.10 Å². The van der Waals surface area contributed by atoms with Crippen molar-refractivity contribution >= 4 is 6.01 Å². The van der Waals surface area contributed by atoms with Crippen LogP contribution in [0.5, 0.6) is 0 Å². The number of ether oxygens (including phenoxy) is 1. The number of hydrogen-bond acceptors (Lipinski definition) is 5. The molecule has 0 fully saturated rings. The largest absolute Gasteiger partial charge is 0.381 e. The molecule has 5 nitrogen and oxygen atoms in total. The predicted molar refractivity (Wildman–Crippen MR) is 38.9 cm³/mol. The predicted octanol–water partition coefficient (Wildman–Crippen LogP) is 0.229. The lowest BCUT2D eigenvalue weighted by molar-refractivity contribution is 0.116. The second-order valence-electron chi connectivity index (χ2n) is 2.30. The van der Waals surface area contributed by atoms with Gasteiger partial charge < -0.3 is 15.0 Å². The summed E-state index contributed by atoms with van der Waals surface area (Å²) in [6.45, 7) is 1.92. The molecule has 0 aliphatic carbocycles. The molecule has 11 heavy (non-hydrogen) atoms. The van der Waals surface area contributed by atoms with Crippen LogP contribution in [0.1, 0.15) is 12.7 Å². The maximum Gasteiger partial charge on any atom is 0.318 e. The van der Waals surface area contributed by atoms with E-state index in [1.807, 2.05) is 6.92 Å². The Bertz CT molecular complexity index is 223. The van der Waals surface area contributed by atoms with Crippen molar-refractivity contribution in [1.29, 1.82) is 0 Å². The zero-order valence-electron chi connectivity index (χ0n) is 6.57. The number of hydrogen-bond donors (Lipinski definition) is 1. The van der Waals surface area contributed by atoms with E-state index in [1.54, 1.807) is 7.11 Å².